The third kappa shape index (κ3) is 5.00. The molecule has 0 fully saturated rings. The molecule has 0 aliphatic rings. The van der Waals surface area contributed by atoms with Gasteiger partial charge in [-0.15, -0.1) is 0 Å². The lowest BCUT2D eigenvalue weighted by Gasteiger charge is -2.18. The predicted molar refractivity (Wildman–Crippen MR) is 70.8 cm³/mol. The Hall–Kier alpha value is -1.35. The molecule has 1 aromatic carbocycles. The second-order valence-corrected chi connectivity index (χ2v) is 4.73. The van der Waals surface area contributed by atoms with E-state index in [-0.39, 0.29) is 11.9 Å². The molecule has 94 valence electrons. The Morgan fingerprint density at radius 2 is 1.94 bits per heavy atom. The maximum absolute atomic E-state index is 11.7. The van der Waals surface area contributed by atoms with Crippen molar-refractivity contribution in [2.24, 2.45) is 5.73 Å². The van der Waals surface area contributed by atoms with E-state index in [2.05, 4.69) is 31.2 Å². The molecule has 3 nitrogen and oxygen atoms in total. The van der Waals surface area contributed by atoms with E-state index in [9.17, 15) is 4.79 Å². The van der Waals surface area contributed by atoms with Crippen LogP contribution in [0.3, 0.4) is 0 Å². The smallest absolute Gasteiger partial charge is 0.223 e. The Labute approximate surface area is 104 Å². The first-order valence-electron chi connectivity index (χ1n) is 6.04. The fourth-order valence-corrected chi connectivity index (χ4v) is 1.61. The van der Waals surface area contributed by atoms with Crippen molar-refractivity contribution >= 4 is 5.91 Å². The summed E-state index contributed by atoms with van der Waals surface area (Å²) in [7, 11) is 1.83. The second-order valence-electron chi connectivity index (χ2n) is 4.73. The molecule has 0 aliphatic heterocycles. The normalized spacial score (nSPS) is 12.2. The van der Waals surface area contributed by atoms with E-state index < -0.39 is 0 Å². The largest absolute Gasteiger partial charge is 0.345 e. The molecule has 0 saturated heterocycles. The van der Waals surface area contributed by atoms with Crippen LogP contribution >= 0.6 is 0 Å². The summed E-state index contributed by atoms with van der Waals surface area (Å²) in [4.78, 5) is 13.4. The Balaban J connectivity index is 2.40. The van der Waals surface area contributed by atoms with Gasteiger partial charge < -0.3 is 10.6 Å². The van der Waals surface area contributed by atoms with Gasteiger partial charge in [-0.25, -0.2) is 0 Å². The van der Waals surface area contributed by atoms with Crippen LogP contribution in [0.1, 0.15) is 24.5 Å². The summed E-state index contributed by atoms with van der Waals surface area (Å²) in [6.07, 6.45) is 1.31. The van der Waals surface area contributed by atoms with E-state index in [1.54, 1.807) is 4.90 Å². The number of carbonyl (C=O) groups is 1. The minimum atomic E-state index is -0.0654. The highest BCUT2D eigenvalue weighted by molar-refractivity contribution is 5.76. The van der Waals surface area contributed by atoms with Crippen LogP contribution in [-0.4, -0.2) is 30.4 Å². The first kappa shape index (κ1) is 13.7. The number of carbonyl (C=O) groups excluding carboxylic acids is 1. The van der Waals surface area contributed by atoms with E-state index >= 15 is 0 Å². The lowest BCUT2D eigenvalue weighted by molar-refractivity contribution is -0.130. The van der Waals surface area contributed by atoms with Crippen molar-refractivity contribution < 1.29 is 4.79 Å². The highest BCUT2D eigenvalue weighted by atomic mass is 16.2. The van der Waals surface area contributed by atoms with Gasteiger partial charge in [0.1, 0.15) is 0 Å². The number of benzene rings is 1. The van der Waals surface area contributed by atoms with Crippen LogP contribution in [0.5, 0.6) is 0 Å². The van der Waals surface area contributed by atoms with Crippen molar-refractivity contribution in [3.63, 3.8) is 0 Å². The molecule has 1 atom stereocenters. The molecule has 1 amide bonds. The molecule has 0 bridgehead atoms. The van der Waals surface area contributed by atoms with Gasteiger partial charge >= 0.3 is 0 Å². The van der Waals surface area contributed by atoms with Crippen molar-refractivity contribution in [2.75, 3.05) is 13.6 Å². The quantitative estimate of drug-likeness (QED) is 0.843. The molecule has 2 N–H and O–H groups in total. The summed E-state index contributed by atoms with van der Waals surface area (Å²) in [6.45, 7) is 4.67. The fraction of sp³-hybridized carbons (Fsp3) is 0.500. The molecular weight excluding hydrogens is 212 g/mol. The molecule has 1 rings (SSSR count). The lowest BCUT2D eigenvalue weighted by atomic mass is 10.1. The van der Waals surface area contributed by atoms with Crippen LogP contribution < -0.4 is 5.73 Å². The van der Waals surface area contributed by atoms with E-state index in [1.807, 2.05) is 14.0 Å². The summed E-state index contributed by atoms with van der Waals surface area (Å²) in [6, 6.07) is 8.35. The molecule has 0 radical (unpaired) electrons. The Bertz CT molecular complexity index is 357. The van der Waals surface area contributed by atoms with Crippen molar-refractivity contribution in [3.05, 3.63) is 35.4 Å². The molecule has 0 spiro atoms. The van der Waals surface area contributed by atoms with Crippen LogP contribution in [-0.2, 0) is 11.2 Å². The van der Waals surface area contributed by atoms with Gasteiger partial charge in [-0.3, -0.25) is 4.79 Å². The monoisotopic (exact) mass is 234 g/mol. The molecule has 17 heavy (non-hydrogen) atoms. The summed E-state index contributed by atoms with van der Waals surface area (Å²) in [5.41, 5.74) is 8.13. The predicted octanol–water partition coefficient (Wildman–Crippen LogP) is 1.73. The van der Waals surface area contributed by atoms with Crippen LogP contribution in [0.4, 0.5) is 0 Å². The van der Waals surface area contributed by atoms with Gasteiger partial charge in [0.25, 0.3) is 0 Å². The third-order valence-electron chi connectivity index (χ3n) is 2.78. The van der Waals surface area contributed by atoms with Crippen molar-refractivity contribution in [2.45, 2.75) is 32.7 Å². The zero-order chi connectivity index (χ0) is 12.8. The molecule has 1 aromatic rings. The zero-order valence-corrected chi connectivity index (χ0v) is 10.9. The lowest BCUT2D eigenvalue weighted by Crippen LogP contribution is -2.33. The number of amides is 1. The number of nitrogens with two attached hydrogens (primary N) is 1. The molecule has 0 aromatic heterocycles. The van der Waals surface area contributed by atoms with E-state index in [4.69, 9.17) is 5.73 Å². The molecule has 0 heterocycles. The SMILES string of the molecule is Cc1ccc(CCN(C)C(=O)CC(C)N)cc1. The number of likely N-dealkylation sites (N-methyl/N-ethyl adjacent to an activating group) is 1. The highest BCUT2D eigenvalue weighted by Gasteiger charge is 2.10. The minimum Gasteiger partial charge on any atom is -0.345 e. The number of nitrogens with zero attached hydrogens (tertiary/aromatic N) is 1. The van der Waals surface area contributed by atoms with Crippen LogP contribution in [0.25, 0.3) is 0 Å². The van der Waals surface area contributed by atoms with Crippen molar-refractivity contribution in [1.82, 2.24) is 4.90 Å². The summed E-state index contributed by atoms with van der Waals surface area (Å²) >= 11 is 0. The zero-order valence-electron chi connectivity index (χ0n) is 10.9. The van der Waals surface area contributed by atoms with Crippen LogP contribution in [0, 0.1) is 6.92 Å². The first-order valence-corrected chi connectivity index (χ1v) is 6.04. The van der Waals surface area contributed by atoms with Gasteiger partial charge in [0.2, 0.25) is 5.91 Å². The summed E-state index contributed by atoms with van der Waals surface area (Å²) in [5, 5.41) is 0. The average Bonchev–Trinajstić information content (AvgIpc) is 2.27. The average molecular weight is 234 g/mol. The van der Waals surface area contributed by atoms with Gasteiger partial charge in [-0.2, -0.15) is 0 Å². The number of rotatable bonds is 5. The van der Waals surface area contributed by atoms with E-state index in [0.29, 0.717) is 6.42 Å². The third-order valence-corrected chi connectivity index (χ3v) is 2.78. The van der Waals surface area contributed by atoms with E-state index in [0.717, 1.165) is 13.0 Å². The number of hydrogen-bond donors (Lipinski definition) is 1. The maximum atomic E-state index is 11.7. The minimum absolute atomic E-state index is 0.0654. The Morgan fingerprint density at radius 1 is 1.35 bits per heavy atom. The van der Waals surface area contributed by atoms with Gasteiger partial charge in [0, 0.05) is 26.1 Å². The van der Waals surface area contributed by atoms with Crippen LogP contribution in [0.15, 0.2) is 24.3 Å². The van der Waals surface area contributed by atoms with Crippen LogP contribution in [0.2, 0.25) is 0 Å². The summed E-state index contributed by atoms with van der Waals surface area (Å²) in [5.74, 6) is 0.118. The van der Waals surface area contributed by atoms with Gasteiger partial charge in [-0.1, -0.05) is 29.8 Å². The van der Waals surface area contributed by atoms with Gasteiger partial charge in [-0.05, 0) is 25.8 Å². The Kier molecular flexibility index (Phi) is 5.16. The molecular formula is C14H22N2O. The summed E-state index contributed by atoms with van der Waals surface area (Å²) < 4.78 is 0. The maximum Gasteiger partial charge on any atom is 0.223 e. The second kappa shape index (κ2) is 6.40. The van der Waals surface area contributed by atoms with Gasteiger partial charge in [0.15, 0.2) is 0 Å². The molecule has 0 aliphatic carbocycles. The Morgan fingerprint density at radius 3 is 2.47 bits per heavy atom. The van der Waals surface area contributed by atoms with Crippen molar-refractivity contribution in [3.8, 4) is 0 Å². The number of aryl methyl sites for hydroxylation is 1. The first-order chi connectivity index (χ1) is 7.99. The standard InChI is InChI=1S/C14H22N2O/c1-11-4-6-13(7-5-11)8-9-16(3)14(17)10-12(2)15/h4-7,12H,8-10,15H2,1-3H3. The molecule has 1 unspecified atom stereocenters. The van der Waals surface area contributed by atoms with Crippen molar-refractivity contribution in [1.29, 1.82) is 0 Å². The number of hydrogen-bond acceptors (Lipinski definition) is 2. The van der Waals surface area contributed by atoms with Gasteiger partial charge in [0.05, 0.1) is 0 Å². The fourth-order valence-electron chi connectivity index (χ4n) is 1.61. The topological polar surface area (TPSA) is 46.3 Å². The highest BCUT2D eigenvalue weighted by Crippen LogP contribution is 2.05. The molecule has 0 saturated carbocycles. The molecule has 3 heteroatoms. The van der Waals surface area contributed by atoms with E-state index in [1.165, 1.54) is 11.1 Å².